The summed E-state index contributed by atoms with van der Waals surface area (Å²) >= 11 is 0. The average molecular weight is 390 g/mol. The van der Waals surface area contributed by atoms with Gasteiger partial charge in [-0.15, -0.1) is 0 Å². The Hall–Kier alpha value is -3.96. The minimum atomic E-state index is -0.894. The van der Waals surface area contributed by atoms with Gasteiger partial charge in [-0.2, -0.15) is 5.10 Å². The van der Waals surface area contributed by atoms with Crippen LogP contribution in [0.1, 0.15) is 24.9 Å². The first kappa shape index (κ1) is 20.4. The Kier molecular flexibility index (Phi) is 6.63. The van der Waals surface area contributed by atoms with Gasteiger partial charge in [0.05, 0.1) is 4.92 Å². The van der Waals surface area contributed by atoms with E-state index in [1.807, 2.05) is 0 Å². The average Bonchev–Trinajstić information content (AvgIpc) is 3.15. The molecule has 0 saturated carbocycles. The van der Waals surface area contributed by atoms with Crippen LogP contribution in [0.3, 0.4) is 0 Å². The lowest BCUT2D eigenvalue weighted by Crippen LogP contribution is -2.22. The molecule has 1 amide bonds. The second-order valence-corrected chi connectivity index (χ2v) is 5.53. The third-order valence-corrected chi connectivity index (χ3v) is 3.54. The van der Waals surface area contributed by atoms with Gasteiger partial charge in [0.25, 0.3) is 5.91 Å². The van der Waals surface area contributed by atoms with Gasteiger partial charge in [-0.1, -0.05) is 12.1 Å². The van der Waals surface area contributed by atoms with E-state index in [0.29, 0.717) is 11.3 Å². The van der Waals surface area contributed by atoms with E-state index in [4.69, 9.17) is 21.0 Å². The Morgan fingerprint density at radius 3 is 2.54 bits per heavy atom. The Labute approximate surface area is 158 Å². The second-order valence-electron chi connectivity index (χ2n) is 5.53. The second kappa shape index (κ2) is 9.12. The molecule has 12 heteroatoms. The number of hydrogen-bond donors (Lipinski definition) is 2. The molecule has 1 unspecified atom stereocenters. The number of carbonyl (C=O) groups is 2. The molecule has 0 bridgehead atoms. The van der Waals surface area contributed by atoms with Crippen molar-refractivity contribution < 1.29 is 24.1 Å². The van der Waals surface area contributed by atoms with Gasteiger partial charge in [0.15, 0.2) is 18.5 Å². The van der Waals surface area contributed by atoms with Crippen LogP contribution in [-0.4, -0.2) is 39.0 Å². The van der Waals surface area contributed by atoms with E-state index in [1.54, 1.807) is 31.2 Å². The number of rotatable bonds is 9. The van der Waals surface area contributed by atoms with Crippen molar-refractivity contribution in [2.45, 2.75) is 19.4 Å². The highest BCUT2D eigenvalue weighted by atomic mass is 16.7. The van der Waals surface area contributed by atoms with Crippen LogP contribution in [0.15, 0.2) is 41.8 Å². The zero-order chi connectivity index (χ0) is 20.7. The van der Waals surface area contributed by atoms with Gasteiger partial charge in [-0.3, -0.25) is 19.6 Å². The summed E-state index contributed by atoms with van der Waals surface area (Å²) in [5.41, 5.74) is 11.0. The molecule has 1 aromatic heterocycles. The van der Waals surface area contributed by atoms with E-state index >= 15 is 0 Å². The fourth-order valence-electron chi connectivity index (χ4n) is 2.14. The lowest BCUT2D eigenvalue weighted by atomic mass is 10.2. The molecule has 28 heavy (non-hydrogen) atoms. The number of amides is 1. The molecule has 0 aliphatic rings. The molecule has 1 atom stereocenters. The summed E-state index contributed by atoms with van der Waals surface area (Å²) in [5, 5.41) is 18.1. The first-order valence-corrected chi connectivity index (χ1v) is 8.06. The highest BCUT2D eigenvalue weighted by Gasteiger charge is 2.24. The molecule has 148 valence electrons. The summed E-state index contributed by atoms with van der Waals surface area (Å²) in [7, 11) is 0. The Morgan fingerprint density at radius 1 is 1.32 bits per heavy atom. The molecule has 12 nitrogen and oxygen atoms in total. The summed E-state index contributed by atoms with van der Waals surface area (Å²) in [6.45, 7) is 1.43. The monoisotopic (exact) mass is 390 g/mol. The Bertz CT molecular complexity index is 891. The van der Waals surface area contributed by atoms with Crippen LogP contribution in [0.5, 0.6) is 5.75 Å². The van der Waals surface area contributed by atoms with Crippen LogP contribution >= 0.6 is 0 Å². The lowest BCUT2D eigenvalue weighted by molar-refractivity contribution is -0.385. The molecular weight excluding hydrogens is 372 g/mol. The number of nitro groups is 1. The summed E-state index contributed by atoms with van der Waals surface area (Å²) in [5.74, 6) is -1.05. The largest absolute Gasteiger partial charge is 0.484 e. The number of ether oxygens (including phenoxy) is 1. The SMILES string of the molecule is CCC(C(=O)O/N=C(\N)c1ccc(OCC(N)=O)cc1)n1cc([N+](=O)[O-])cn1. The maximum absolute atomic E-state index is 12.2. The Morgan fingerprint density at radius 2 is 2.00 bits per heavy atom. The van der Waals surface area contributed by atoms with E-state index < -0.39 is 22.8 Å². The standard InChI is InChI=1S/C16H18N6O6/c1-2-13(21-8-11(7-19-21)22(25)26)16(24)28-20-15(18)10-3-5-12(6-4-10)27-9-14(17)23/h3-8,13H,2,9H2,1H3,(H2,17,23)(H2,18,20). The van der Waals surface area contributed by atoms with Gasteiger partial charge in [-0.05, 0) is 30.7 Å². The van der Waals surface area contributed by atoms with Crippen molar-refractivity contribution in [3.8, 4) is 5.75 Å². The number of primary amides is 1. The number of hydrogen-bond acceptors (Lipinski definition) is 8. The van der Waals surface area contributed by atoms with Gasteiger partial charge in [0.2, 0.25) is 0 Å². The molecule has 0 fully saturated rings. The van der Waals surface area contributed by atoms with Crippen molar-refractivity contribution in [1.82, 2.24) is 9.78 Å². The van der Waals surface area contributed by atoms with Crippen LogP contribution < -0.4 is 16.2 Å². The summed E-state index contributed by atoms with van der Waals surface area (Å²) in [6.07, 6.45) is 2.45. The molecule has 4 N–H and O–H groups in total. The van der Waals surface area contributed by atoms with E-state index in [-0.39, 0.29) is 24.6 Å². The van der Waals surface area contributed by atoms with E-state index in [9.17, 15) is 19.7 Å². The van der Waals surface area contributed by atoms with Gasteiger partial charge in [0.1, 0.15) is 18.1 Å². The highest BCUT2D eigenvalue weighted by molar-refractivity contribution is 5.97. The quantitative estimate of drug-likeness (QED) is 0.204. The van der Waals surface area contributed by atoms with Crippen LogP contribution in [0, 0.1) is 10.1 Å². The van der Waals surface area contributed by atoms with E-state index in [1.165, 1.54) is 0 Å². The molecule has 2 rings (SSSR count). The number of benzene rings is 1. The first-order valence-electron chi connectivity index (χ1n) is 8.06. The van der Waals surface area contributed by atoms with E-state index in [2.05, 4.69) is 10.3 Å². The van der Waals surface area contributed by atoms with Gasteiger partial charge in [-0.25, -0.2) is 4.79 Å². The van der Waals surface area contributed by atoms with Crippen molar-refractivity contribution in [2.24, 2.45) is 16.6 Å². The third-order valence-electron chi connectivity index (χ3n) is 3.54. The molecule has 0 spiro atoms. The maximum Gasteiger partial charge on any atom is 0.359 e. The molecular formula is C16H18N6O6. The number of aromatic nitrogens is 2. The van der Waals surface area contributed by atoms with Crippen LogP contribution in [0.4, 0.5) is 5.69 Å². The molecule has 0 radical (unpaired) electrons. The predicted molar refractivity (Wildman–Crippen MR) is 96.2 cm³/mol. The van der Waals surface area contributed by atoms with Crippen LogP contribution in [-0.2, 0) is 14.4 Å². The zero-order valence-corrected chi connectivity index (χ0v) is 14.8. The highest BCUT2D eigenvalue weighted by Crippen LogP contribution is 2.17. The number of oxime groups is 1. The van der Waals surface area contributed by atoms with Crippen LogP contribution in [0.2, 0.25) is 0 Å². The van der Waals surface area contributed by atoms with Crippen molar-refractivity contribution in [1.29, 1.82) is 0 Å². The Balaban J connectivity index is 2.02. The van der Waals surface area contributed by atoms with Crippen molar-refractivity contribution >= 4 is 23.4 Å². The predicted octanol–water partition coefficient (Wildman–Crippen LogP) is 0.470. The summed E-state index contributed by atoms with van der Waals surface area (Å²) < 4.78 is 6.25. The smallest absolute Gasteiger partial charge is 0.359 e. The third kappa shape index (κ3) is 5.27. The van der Waals surface area contributed by atoms with Gasteiger partial charge < -0.3 is 21.0 Å². The molecule has 2 aromatic rings. The fourth-order valence-corrected chi connectivity index (χ4v) is 2.14. The number of amidine groups is 1. The maximum atomic E-state index is 12.2. The zero-order valence-electron chi connectivity index (χ0n) is 14.8. The fraction of sp³-hybridized carbons (Fsp3) is 0.250. The first-order chi connectivity index (χ1) is 13.3. The number of nitrogens with zero attached hydrogens (tertiary/aromatic N) is 4. The molecule has 0 saturated heterocycles. The molecule has 1 aromatic carbocycles. The van der Waals surface area contributed by atoms with Gasteiger partial charge >= 0.3 is 11.7 Å². The molecule has 0 aliphatic carbocycles. The van der Waals surface area contributed by atoms with E-state index in [0.717, 1.165) is 17.1 Å². The molecule has 0 aliphatic heterocycles. The summed E-state index contributed by atoms with van der Waals surface area (Å²) in [6, 6.07) is 5.30. The van der Waals surface area contributed by atoms with Crippen molar-refractivity contribution in [3.05, 3.63) is 52.3 Å². The molecule has 1 heterocycles. The van der Waals surface area contributed by atoms with Crippen molar-refractivity contribution in [3.63, 3.8) is 0 Å². The summed E-state index contributed by atoms with van der Waals surface area (Å²) in [4.78, 5) is 37.9. The van der Waals surface area contributed by atoms with Gasteiger partial charge in [0, 0.05) is 5.56 Å². The minimum absolute atomic E-state index is 0.0731. The topological polar surface area (TPSA) is 178 Å². The normalized spacial score (nSPS) is 12.2. The van der Waals surface area contributed by atoms with Crippen LogP contribution in [0.25, 0.3) is 0 Å². The lowest BCUT2D eigenvalue weighted by Gasteiger charge is -2.11. The minimum Gasteiger partial charge on any atom is -0.484 e. The van der Waals surface area contributed by atoms with Crippen molar-refractivity contribution in [2.75, 3.05) is 6.61 Å². The number of carbonyl (C=O) groups excluding carboxylic acids is 2. The number of nitrogens with two attached hydrogens (primary N) is 2.